The van der Waals surface area contributed by atoms with Crippen molar-refractivity contribution in [2.75, 3.05) is 0 Å². The maximum atomic E-state index is 10.00. The molecular formula is C19H24O2. The van der Waals surface area contributed by atoms with Gasteiger partial charge < -0.3 is 10.2 Å². The summed E-state index contributed by atoms with van der Waals surface area (Å²) in [5, 5.41) is 19.5. The molecule has 112 valence electrons. The van der Waals surface area contributed by atoms with Crippen molar-refractivity contribution in [2.24, 2.45) is 0 Å². The number of rotatable bonds is 7. The Morgan fingerprint density at radius 2 is 1.43 bits per heavy atom. The summed E-state index contributed by atoms with van der Waals surface area (Å²) in [5.74, 6) is 0.551. The fourth-order valence-electron chi connectivity index (χ4n) is 2.75. The van der Waals surface area contributed by atoms with Gasteiger partial charge in [-0.1, -0.05) is 55.8 Å². The lowest BCUT2D eigenvalue weighted by Crippen LogP contribution is -2.09. The highest BCUT2D eigenvalue weighted by Crippen LogP contribution is 2.31. The topological polar surface area (TPSA) is 40.5 Å². The second-order valence-corrected chi connectivity index (χ2v) is 5.57. The molecule has 0 bridgehead atoms. The Balaban J connectivity index is 2.16. The monoisotopic (exact) mass is 284 g/mol. The lowest BCUT2D eigenvalue weighted by molar-refractivity contribution is 0.149. The lowest BCUT2D eigenvalue weighted by Gasteiger charge is -2.20. The van der Waals surface area contributed by atoms with Crippen LogP contribution < -0.4 is 0 Å². The first kappa shape index (κ1) is 15.6. The molecule has 0 aliphatic heterocycles. The van der Waals surface area contributed by atoms with Crippen molar-refractivity contribution in [1.82, 2.24) is 0 Å². The number of hydrogen-bond donors (Lipinski definition) is 2. The maximum absolute atomic E-state index is 10.00. The highest BCUT2D eigenvalue weighted by Gasteiger charge is 2.16. The van der Waals surface area contributed by atoms with Crippen LogP contribution in [0.2, 0.25) is 0 Å². The molecule has 2 aromatic carbocycles. The number of aliphatic hydroxyl groups is 1. The summed E-state index contributed by atoms with van der Waals surface area (Å²) in [4.78, 5) is 0. The van der Waals surface area contributed by atoms with Gasteiger partial charge in [-0.3, -0.25) is 0 Å². The predicted molar refractivity (Wildman–Crippen MR) is 86.5 cm³/mol. The fraction of sp³-hybridized carbons (Fsp3) is 0.368. The van der Waals surface area contributed by atoms with E-state index in [2.05, 4.69) is 19.1 Å². The standard InChI is InChI=1S/C19H24O2/c1-2-6-17(20)13-14-19(15-7-4-3-5-8-15)16-9-11-18(21)12-10-16/h3-5,7-12,17,19-21H,2,6,13-14H2,1H3. The summed E-state index contributed by atoms with van der Waals surface area (Å²) in [7, 11) is 0. The van der Waals surface area contributed by atoms with E-state index in [1.807, 2.05) is 30.3 Å². The van der Waals surface area contributed by atoms with Gasteiger partial charge >= 0.3 is 0 Å². The molecule has 0 fully saturated rings. The average molecular weight is 284 g/mol. The van der Waals surface area contributed by atoms with Crippen molar-refractivity contribution in [3.63, 3.8) is 0 Å². The van der Waals surface area contributed by atoms with Gasteiger partial charge in [0.2, 0.25) is 0 Å². The van der Waals surface area contributed by atoms with Crippen molar-refractivity contribution in [3.05, 3.63) is 65.7 Å². The molecule has 0 saturated heterocycles. The Morgan fingerprint density at radius 3 is 2.05 bits per heavy atom. The third-order valence-corrected chi connectivity index (χ3v) is 3.91. The van der Waals surface area contributed by atoms with Gasteiger partial charge in [-0.25, -0.2) is 0 Å². The number of hydrogen-bond acceptors (Lipinski definition) is 2. The Hall–Kier alpha value is -1.80. The molecule has 0 aliphatic carbocycles. The van der Waals surface area contributed by atoms with Crippen LogP contribution in [-0.4, -0.2) is 16.3 Å². The molecule has 2 heteroatoms. The molecule has 2 unspecified atom stereocenters. The Morgan fingerprint density at radius 1 is 0.810 bits per heavy atom. The summed E-state index contributed by atoms with van der Waals surface area (Å²) in [6.45, 7) is 2.10. The SMILES string of the molecule is CCCC(O)CCC(c1ccccc1)c1ccc(O)cc1. The maximum Gasteiger partial charge on any atom is 0.115 e. The van der Waals surface area contributed by atoms with E-state index in [-0.39, 0.29) is 17.8 Å². The van der Waals surface area contributed by atoms with E-state index in [1.165, 1.54) is 11.1 Å². The summed E-state index contributed by atoms with van der Waals surface area (Å²) >= 11 is 0. The van der Waals surface area contributed by atoms with Crippen molar-refractivity contribution >= 4 is 0 Å². The largest absolute Gasteiger partial charge is 0.508 e. The lowest BCUT2D eigenvalue weighted by atomic mass is 9.86. The third-order valence-electron chi connectivity index (χ3n) is 3.91. The molecule has 0 aromatic heterocycles. The van der Waals surface area contributed by atoms with Gasteiger partial charge in [-0.05, 0) is 42.5 Å². The molecule has 0 radical (unpaired) electrons. The second kappa shape index (κ2) is 7.84. The van der Waals surface area contributed by atoms with Gasteiger partial charge in [-0.15, -0.1) is 0 Å². The fourth-order valence-corrected chi connectivity index (χ4v) is 2.75. The van der Waals surface area contributed by atoms with Gasteiger partial charge in [-0.2, -0.15) is 0 Å². The van der Waals surface area contributed by atoms with Crippen LogP contribution in [0.3, 0.4) is 0 Å². The van der Waals surface area contributed by atoms with Crippen LogP contribution in [0.5, 0.6) is 5.75 Å². The van der Waals surface area contributed by atoms with E-state index in [4.69, 9.17) is 0 Å². The zero-order valence-electron chi connectivity index (χ0n) is 12.6. The quantitative estimate of drug-likeness (QED) is 0.787. The van der Waals surface area contributed by atoms with E-state index in [9.17, 15) is 10.2 Å². The smallest absolute Gasteiger partial charge is 0.115 e. The minimum atomic E-state index is -0.224. The molecular weight excluding hydrogens is 260 g/mol. The van der Waals surface area contributed by atoms with Crippen molar-refractivity contribution in [2.45, 2.75) is 44.6 Å². The predicted octanol–water partition coefficient (Wildman–Crippen LogP) is 4.47. The molecule has 0 aliphatic rings. The zero-order valence-corrected chi connectivity index (χ0v) is 12.6. The highest BCUT2D eigenvalue weighted by molar-refractivity contribution is 5.35. The molecule has 2 N–H and O–H groups in total. The first-order valence-corrected chi connectivity index (χ1v) is 7.72. The molecule has 2 atom stereocenters. The van der Waals surface area contributed by atoms with Gasteiger partial charge in [0.15, 0.2) is 0 Å². The van der Waals surface area contributed by atoms with Crippen LogP contribution in [0.15, 0.2) is 54.6 Å². The molecule has 21 heavy (non-hydrogen) atoms. The van der Waals surface area contributed by atoms with Crippen LogP contribution in [0.25, 0.3) is 0 Å². The third kappa shape index (κ3) is 4.61. The molecule has 0 heterocycles. The van der Waals surface area contributed by atoms with Gasteiger partial charge in [0.05, 0.1) is 6.10 Å². The first-order valence-electron chi connectivity index (χ1n) is 7.72. The van der Waals surface area contributed by atoms with Crippen molar-refractivity contribution in [3.8, 4) is 5.75 Å². The molecule has 2 nitrogen and oxygen atoms in total. The van der Waals surface area contributed by atoms with E-state index in [1.54, 1.807) is 12.1 Å². The molecule has 2 aromatic rings. The van der Waals surface area contributed by atoms with Crippen LogP contribution in [-0.2, 0) is 0 Å². The van der Waals surface area contributed by atoms with Crippen LogP contribution in [0, 0.1) is 0 Å². The number of phenols is 1. The van der Waals surface area contributed by atoms with E-state index < -0.39 is 0 Å². The summed E-state index contributed by atoms with van der Waals surface area (Å²) < 4.78 is 0. The van der Waals surface area contributed by atoms with Gasteiger partial charge in [0, 0.05) is 5.92 Å². The molecule has 0 amide bonds. The first-order chi connectivity index (χ1) is 10.2. The highest BCUT2D eigenvalue weighted by atomic mass is 16.3. The summed E-state index contributed by atoms with van der Waals surface area (Å²) in [6.07, 6.45) is 3.36. The minimum Gasteiger partial charge on any atom is -0.508 e. The van der Waals surface area contributed by atoms with E-state index in [0.29, 0.717) is 0 Å². The van der Waals surface area contributed by atoms with Crippen molar-refractivity contribution < 1.29 is 10.2 Å². The van der Waals surface area contributed by atoms with Crippen LogP contribution >= 0.6 is 0 Å². The number of phenolic OH excluding ortho intramolecular Hbond substituents is 1. The Bertz CT molecular complexity index is 519. The molecule has 2 rings (SSSR count). The average Bonchev–Trinajstić information content (AvgIpc) is 2.50. The minimum absolute atomic E-state index is 0.224. The number of aliphatic hydroxyl groups excluding tert-OH is 1. The number of aromatic hydroxyl groups is 1. The second-order valence-electron chi connectivity index (χ2n) is 5.57. The van der Waals surface area contributed by atoms with Crippen LogP contribution in [0.1, 0.15) is 49.7 Å². The normalized spacial score (nSPS) is 13.8. The van der Waals surface area contributed by atoms with E-state index >= 15 is 0 Å². The summed E-state index contributed by atoms with van der Waals surface area (Å²) in [6, 6.07) is 17.8. The summed E-state index contributed by atoms with van der Waals surface area (Å²) in [5.41, 5.74) is 2.44. The molecule has 0 saturated carbocycles. The van der Waals surface area contributed by atoms with Gasteiger partial charge in [0.25, 0.3) is 0 Å². The molecule has 0 spiro atoms. The van der Waals surface area contributed by atoms with Crippen molar-refractivity contribution in [1.29, 1.82) is 0 Å². The van der Waals surface area contributed by atoms with E-state index in [0.717, 1.165) is 25.7 Å². The van der Waals surface area contributed by atoms with Crippen LogP contribution in [0.4, 0.5) is 0 Å². The Kier molecular flexibility index (Phi) is 5.82. The zero-order chi connectivity index (χ0) is 15.1. The Labute approximate surface area is 127 Å². The van der Waals surface area contributed by atoms with Gasteiger partial charge in [0.1, 0.15) is 5.75 Å². The number of benzene rings is 2.